The van der Waals surface area contributed by atoms with E-state index in [4.69, 9.17) is 0 Å². The third-order valence-electron chi connectivity index (χ3n) is 1.97. The minimum atomic E-state index is -0.221. The topological polar surface area (TPSA) is 16.1 Å². The lowest BCUT2D eigenvalue weighted by molar-refractivity contribution is 0.628. The van der Waals surface area contributed by atoms with E-state index in [0.29, 0.717) is 0 Å². The Kier molecular flexibility index (Phi) is 3.20. The van der Waals surface area contributed by atoms with Crippen molar-refractivity contribution in [2.75, 3.05) is 11.9 Å². The van der Waals surface area contributed by atoms with Crippen LogP contribution in [0.4, 0.5) is 15.2 Å². The molecule has 0 amide bonds. The van der Waals surface area contributed by atoms with Crippen LogP contribution in [0, 0.1) is 8.70 Å². The molecule has 0 radical (unpaired) electrons. The Hall–Kier alpha value is -0.690. The van der Waals surface area contributed by atoms with Gasteiger partial charge in [-0.05, 0) is 46.9 Å². The zero-order chi connectivity index (χ0) is 10.8. The lowest BCUT2D eigenvalue weighted by Gasteiger charge is -2.15. The SMILES string of the molecule is CN(c1ccc(F)cc1)c1ncc(I)s1. The molecule has 0 saturated carbocycles. The summed E-state index contributed by atoms with van der Waals surface area (Å²) in [6.45, 7) is 0. The van der Waals surface area contributed by atoms with E-state index in [1.54, 1.807) is 23.5 Å². The molecule has 5 heteroatoms. The maximum Gasteiger partial charge on any atom is 0.190 e. The Morgan fingerprint density at radius 1 is 1.33 bits per heavy atom. The highest BCUT2D eigenvalue weighted by molar-refractivity contribution is 14.1. The standard InChI is InChI=1S/C10H8FIN2S/c1-14(10-13-6-9(12)15-10)8-4-2-7(11)3-5-8/h2-6H,1H3. The number of thiazole rings is 1. The molecule has 1 aromatic carbocycles. The van der Waals surface area contributed by atoms with Gasteiger partial charge in [0.05, 0.1) is 9.08 Å². The highest BCUT2D eigenvalue weighted by Crippen LogP contribution is 2.28. The van der Waals surface area contributed by atoms with Gasteiger partial charge in [0.25, 0.3) is 0 Å². The van der Waals surface area contributed by atoms with E-state index in [1.807, 2.05) is 18.1 Å². The van der Waals surface area contributed by atoms with Crippen molar-refractivity contribution in [3.63, 3.8) is 0 Å². The predicted octanol–water partition coefficient (Wildman–Crippen LogP) is 3.65. The van der Waals surface area contributed by atoms with Crippen molar-refractivity contribution in [3.8, 4) is 0 Å². The Morgan fingerprint density at radius 3 is 2.53 bits per heavy atom. The molecule has 2 rings (SSSR count). The van der Waals surface area contributed by atoms with Crippen LogP contribution in [-0.2, 0) is 0 Å². The summed E-state index contributed by atoms with van der Waals surface area (Å²) in [7, 11) is 1.92. The number of benzene rings is 1. The van der Waals surface area contributed by atoms with E-state index < -0.39 is 0 Å². The Labute approximate surface area is 105 Å². The van der Waals surface area contributed by atoms with Gasteiger partial charge in [-0.15, -0.1) is 0 Å². The first kappa shape index (κ1) is 10.8. The quantitative estimate of drug-likeness (QED) is 0.780. The molecule has 0 atom stereocenters. The van der Waals surface area contributed by atoms with E-state index in [9.17, 15) is 4.39 Å². The lowest BCUT2D eigenvalue weighted by atomic mass is 10.3. The number of hydrogen-bond donors (Lipinski definition) is 0. The molecule has 0 aliphatic carbocycles. The van der Waals surface area contributed by atoms with Crippen LogP contribution in [0.2, 0.25) is 0 Å². The summed E-state index contributed by atoms with van der Waals surface area (Å²) < 4.78 is 13.9. The van der Waals surface area contributed by atoms with E-state index in [0.717, 1.165) is 13.7 Å². The van der Waals surface area contributed by atoms with Crippen molar-refractivity contribution >= 4 is 44.7 Å². The van der Waals surface area contributed by atoms with Crippen molar-refractivity contribution in [1.82, 2.24) is 4.98 Å². The van der Waals surface area contributed by atoms with E-state index in [2.05, 4.69) is 27.6 Å². The molecule has 1 aromatic heterocycles. The fraction of sp³-hybridized carbons (Fsp3) is 0.100. The van der Waals surface area contributed by atoms with E-state index >= 15 is 0 Å². The summed E-state index contributed by atoms with van der Waals surface area (Å²) >= 11 is 3.83. The third-order valence-corrected chi connectivity index (χ3v) is 3.77. The highest BCUT2D eigenvalue weighted by Gasteiger charge is 2.07. The van der Waals surface area contributed by atoms with Gasteiger partial charge in [0.1, 0.15) is 5.82 Å². The molecule has 0 aliphatic rings. The van der Waals surface area contributed by atoms with Crippen LogP contribution in [0.1, 0.15) is 0 Å². The zero-order valence-corrected chi connectivity index (χ0v) is 10.9. The minimum absolute atomic E-state index is 0.221. The highest BCUT2D eigenvalue weighted by atomic mass is 127. The second-order valence-corrected chi connectivity index (χ2v) is 5.89. The fourth-order valence-electron chi connectivity index (χ4n) is 1.18. The summed E-state index contributed by atoms with van der Waals surface area (Å²) in [6.07, 6.45) is 1.82. The van der Waals surface area contributed by atoms with Gasteiger partial charge in [-0.3, -0.25) is 0 Å². The molecule has 15 heavy (non-hydrogen) atoms. The average Bonchev–Trinajstić information content (AvgIpc) is 2.65. The molecule has 2 aromatic rings. The number of halogens is 2. The second-order valence-electron chi connectivity index (χ2n) is 2.98. The van der Waals surface area contributed by atoms with Gasteiger partial charge in [0.2, 0.25) is 0 Å². The van der Waals surface area contributed by atoms with E-state index in [1.165, 1.54) is 12.1 Å². The Morgan fingerprint density at radius 2 is 2.00 bits per heavy atom. The van der Waals surface area contributed by atoms with Gasteiger partial charge < -0.3 is 4.90 Å². The number of hydrogen-bond acceptors (Lipinski definition) is 3. The molecule has 0 unspecified atom stereocenters. The van der Waals surface area contributed by atoms with Gasteiger partial charge in [-0.25, -0.2) is 9.37 Å². The third kappa shape index (κ3) is 2.46. The first-order valence-corrected chi connectivity index (χ1v) is 6.17. The minimum Gasteiger partial charge on any atom is -0.321 e. The lowest BCUT2D eigenvalue weighted by Crippen LogP contribution is -2.08. The molecular weight excluding hydrogens is 326 g/mol. The average molecular weight is 334 g/mol. The van der Waals surface area contributed by atoms with Crippen molar-refractivity contribution in [3.05, 3.63) is 39.2 Å². The molecule has 0 spiro atoms. The predicted molar refractivity (Wildman–Crippen MR) is 69.3 cm³/mol. The summed E-state index contributed by atoms with van der Waals surface area (Å²) in [5.41, 5.74) is 0.933. The first-order chi connectivity index (χ1) is 7.16. The normalized spacial score (nSPS) is 10.3. The van der Waals surface area contributed by atoms with Crippen LogP contribution >= 0.6 is 33.9 Å². The monoisotopic (exact) mass is 334 g/mol. The van der Waals surface area contributed by atoms with Crippen molar-refractivity contribution in [2.45, 2.75) is 0 Å². The summed E-state index contributed by atoms with van der Waals surface area (Å²) in [5.74, 6) is -0.221. The van der Waals surface area contributed by atoms with Crippen LogP contribution in [0.25, 0.3) is 0 Å². The van der Waals surface area contributed by atoms with Crippen LogP contribution in [-0.4, -0.2) is 12.0 Å². The molecule has 2 nitrogen and oxygen atoms in total. The number of anilines is 2. The van der Waals surface area contributed by atoms with Crippen molar-refractivity contribution in [1.29, 1.82) is 0 Å². The molecule has 0 bridgehead atoms. The maximum atomic E-state index is 12.7. The van der Waals surface area contributed by atoms with Crippen molar-refractivity contribution < 1.29 is 4.39 Å². The Balaban J connectivity index is 2.28. The number of rotatable bonds is 2. The van der Waals surface area contributed by atoms with Gasteiger partial charge in [-0.2, -0.15) is 0 Å². The van der Waals surface area contributed by atoms with Gasteiger partial charge in [0.15, 0.2) is 5.13 Å². The largest absolute Gasteiger partial charge is 0.321 e. The van der Waals surface area contributed by atoms with Crippen molar-refractivity contribution in [2.24, 2.45) is 0 Å². The van der Waals surface area contributed by atoms with Crippen LogP contribution in [0.5, 0.6) is 0 Å². The molecule has 78 valence electrons. The number of aromatic nitrogens is 1. The van der Waals surface area contributed by atoms with Crippen LogP contribution in [0.15, 0.2) is 30.5 Å². The maximum absolute atomic E-state index is 12.7. The fourth-order valence-corrected chi connectivity index (χ4v) is 2.53. The smallest absolute Gasteiger partial charge is 0.190 e. The van der Waals surface area contributed by atoms with Gasteiger partial charge in [-0.1, -0.05) is 11.3 Å². The van der Waals surface area contributed by atoms with Gasteiger partial charge in [0, 0.05) is 12.7 Å². The first-order valence-electron chi connectivity index (χ1n) is 4.27. The van der Waals surface area contributed by atoms with Crippen LogP contribution in [0.3, 0.4) is 0 Å². The molecule has 0 N–H and O–H groups in total. The molecular formula is C10H8FIN2S. The molecule has 0 aliphatic heterocycles. The molecule has 0 saturated heterocycles. The molecule has 0 fully saturated rings. The second kappa shape index (κ2) is 4.44. The Bertz CT molecular complexity index is 455. The summed E-state index contributed by atoms with van der Waals surface area (Å²) in [4.78, 5) is 6.19. The summed E-state index contributed by atoms with van der Waals surface area (Å²) in [5, 5.41) is 0.908. The van der Waals surface area contributed by atoms with E-state index in [-0.39, 0.29) is 5.82 Å². The zero-order valence-electron chi connectivity index (χ0n) is 7.95. The molecule has 1 heterocycles. The van der Waals surface area contributed by atoms with Crippen LogP contribution < -0.4 is 4.90 Å². The van der Waals surface area contributed by atoms with Gasteiger partial charge >= 0.3 is 0 Å². The summed E-state index contributed by atoms with van der Waals surface area (Å²) in [6, 6.07) is 6.38. The number of nitrogens with zero attached hydrogens (tertiary/aromatic N) is 2.